The van der Waals surface area contributed by atoms with Crippen LogP contribution in [-0.4, -0.2) is 30.4 Å². The Morgan fingerprint density at radius 2 is 2.15 bits per heavy atom. The Morgan fingerprint density at radius 1 is 1.35 bits per heavy atom. The first-order chi connectivity index (χ1) is 12.5. The maximum Gasteiger partial charge on any atom is 0.259 e. The molecule has 0 saturated carbocycles. The highest BCUT2D eigenvalue weighted by molar-refractivity contribution is 14.1. The summed E-state index contributed by atoms with van der Waals surface area (Å²) < 4.78 is 6.11. The average Bonchev–Trinajstić information content (AvgIpc) is 3.02. The molecule has 1 aliphatic rings. The molecule has 2 aromatic carbocycles. The predicted molar refractivity (Wildman–Crippen MR) is 110 cm³/mol. The van der Waals surface area contributed by atoms with E-state index in [1.165, 1.54) is 7.11 Å². The lowest BCUT2D eigenvalue weighted by Crippen LogP contribution is -2.23. The number of rotatable bonds is 5. The van der Waals surface area contributed by atoms with Crippen molar-refractivity contribution in [2.75, 3.05) is 19.0 Å². The molecule has 0 spiro atoms. The van der Waals surface area contributed by atoms with E-state index in [0.717, 1.165) is 22.1 Å². The lowest BCUT2D eigenvalue weighted by atomic mass is 10.1. The van der Waals surface area contributed by atoms with E-state index < -0.39 is 0 Å². The predicted octanol–water partition coefficient (Wildman–Crippen LogP) is 4.33. The number of hydrogen-bond donors (Lipinski definition) is 1. The van der Waals surface area contributed by atoms with Crippen molar-refractivity contribution in [2.45, 2.75) is 19.4 Å². The number of anilines is 1. The molecule has 1 heterocycles. The highest BCUT2D eigenvalue weighted by atomic mass is 127. The van der Waals surface area contributed by atoms with E-state index in [-0.39, 0.29) is 11.8 Å². The molecule has 0 radical (unpaired) electrons. The zero-order valence-corrected chi connectivity index (χ0v) is 17.1. The summed E-state index contributed by atoms with van der Waals surface area (Å²) in [6, 6.07) is 10.8. The van der Waals surface area contributed by atoms with Crippen molar-refractivity contribution in [1.82, 2.24) is 4.90 Å². The van der Waals surface area contributed by atoms with Crippen LogP contribution < -0.4 is 10.1 Å². The number of benzene rings is 2. The molecule has 0 aliphatic carbocycles. The third-order valence-electron chi connectivity index (χ3n) is 4.22. The second-order valence-corrected chi connectivity index (χ2v) is 7.61. The molecule has 1 saturated heterocycles. The number of methoxy groups -OCH3 is 1. The summed E-state index contributed by atoms with van der Waals surface area (Å²) in [5, 5.41) is 3.37. The van der Waals surface area contributed by atoms with Gasteiger partial charge >= 0.3 is 0 Å². The van der Waals surface area contributed by atoms with Crippen molar-refractivity contribution in [2.24, 2.45) is 0 Å². The number of nitrogens with zero attached hydrogens (tertiary/aromatic N) is 1. The molecule has 1 fully saturated rings. The van der Waals surface area contributed by atoms with Gasteiger partial charge in [0.15, 0.2) is 0 Å². The number of hydrogen-bond acceptors (Lipinski definition) is 3. The van der Waals surface area contributed by atoms with Gasteiger partial charge < -0.3 is 15.0 Å². The number of amides is 2. The molecule has 0 aromatic heterocycles. The van der Waals surface area contributed by atoms with Gasteiger partial charge in [0.25, 0.3) is 5.91 Å². The summed E-state index contributed by atoms with van der Waals surface area (Å²) >= 11 is 8.23. The zero-order chi connectivity index (χ0) is 18.7. The van der Waals surface area contributed by atoms with Crippen LogP contribution in [0.25, 0.3) is 0 Å². The van der Waals surface area contributed by atoms with Crippen LogP contribution in [0, 0.1) is 3.57 Å². The Hall–Kier alpha value is -1.80. The smallest absolute Gasteiger partial charge is 0.259 e. The molecule has 0 unspecified atom stereocenters. The molecule has 2 aromatic rings. The molecule has 0 atom stereocenters. The average molecular weight is 485 g/mol. The lowest BCUT2D eigenvalue weighted by Gasteiger charge is -2.16. The summed E-state index contributed by atoms with van der Waals surface area (Å²) in [7, 11) is 1.52. The second kappa shape index (κ2) is 8.26. The van der Waals surface area contributed by atoms with Gasteiger partial charge in [0.1, 0.15) is 5.75 Å². The van der Waals surface area contributed by atoms with Crippen LogP contribution in [0.15, 0.2) is 36.4 Å². The van der Waals surface area contributed by atoms with Crippen molar-refractivity contribution < 1.29 is 14.3 Å². The number of carbonyl (C=O) groups excluding carboxylic acids is 2. The molecule has 136 valence electrons. The number of carbonyl (C=O) groups is 2. The minimum atomic E-state index is -0.297. The molecule has 5 nitrogen and oxygen atoms in total. The second-order valence-electron chi connectivity index (χ2n) is 6.04. The lowest BCUT2D eigenvalue weighted by molar-refractivity contribution is -0.128. The Morgan fingerprint density at radius 3 is 2.85 bits per heavy atom. The first kappa shape index (κ1) is 19.0. The summed E-state index contributed by atoms with van der Waals surface area (Å²) in [6.45, 7) is 1.34. The van der Waals surface area contributed by atoms with Crippen LogP contribution in [0.5, 0.6) is 5.75 Å². The van der Waals surface area contributed by atoms with E-state index in [9.17, 15) is 9.59 Å². The summed E-state index contributed by atoms with van der Waals surface area (Å²) in [4.78, 5) is 26.3. The van der Waals surface area contributed by atoms with Crippen LogP contribution in [0.3, 0.4) is 0 Å². The fraction of sp³-hybridized carbons (Fsp3) is 0.263. The topological polar surface area (TPSA) is 58.6 Å². The van der Waals surface area contributed by atoms with Crippen LogP contribution in [-0.2, 0) is 11.3 Å². The van der Waals surface area contributed by atoms with E-state index in [2.05, 4.69) is 27.9 Å². The third-order valence-corrected chi connectivity index (χ3v) is 5.74. The molecule has 2 amide bonds. The van der Waals surface area contributed by atoms with Gasteiger partial charge in [0, 0.05) is 28.8 Å². The van der Waals surface area contributed by atoms with Gasteiger partial charge in [-0.1, -0.05) is 23.7 Å². The summed E-state index contributed by atoms with van der Waals surface area (Å²) in [6.07, 6.45) is 1.52. The normalized spacial score (nSPS) is 13.8. The Kier molecular flexibility index (Phi) is 6.03. The fourth-order valence-electron chi connectivity index (χ4n) is 2.91. The number of nitrogens with one attached hydrogen (secondary N) is 1. The van der Waals surface area contributed by atoms with Crippen LogP contribution in [0.1, 0.15) is 28.8 Å². The van der Waals surface area contributed by atoms with E-state index in [1.54, 1.807) is 12.1 Å². The Bertz CT molecular complexity index is 857. The Balaban J connectivity index is 1.77. The maximum atomic E-state index is 12.6. The minimum Gasteiger partial charge on any atom is -0.496 e. The van der Waals surface area contributed by atoms with Crippen molar-refractivity contribution >= 4 is 51.7 Å². The molecular formula is C19H18ClIN2O3. The first-order valence-electron chi connectivity index (χ1n) is 8.19. The van der Waals surface area contributed by atoms with Crippen LogP contribution in [0.2, 0.25) is 5.02 Å². The van der Waals surface area contributed by atoms with Crippen molar-refractivity contribution in [1.29, 1.82) is 0 Å². The van der Waals surface area contributed by atoms with Gasteiger partial charge in [0.2, 0.25) is 5.91 Å². The largest absolute Gasteiger partial charge is 0.496 e. The van der Waals surface area contributed by atoms with Crippen LogP contribution >= 0.6 is 34.2 Å². The highest BCUT2D eigenvalue weighted by Crippen LogP contribution is 2.29. The van der Waals surface area contributed by atoms with Gasteiger partial charge in [-0.3, -0.25) is 9.59 Å². The van der Waals surface area contributed by atoms with Crippen LogP contribution in [0.4, 0.5) is 5.69 Å². The SMILES string of the molecule is COc1cc(I)c(Cl)cc1C(=O)Nc1cccc(CN2CCCC2=O)c1. The van der Waals surface area contributed by atoms with Crippen molar-refractivity contribution in [3.05, 3.63) is 56.1 Å². The molecule has 1 aliphatic heterocycles. The maximum absolute atomic E-state index is 12.6. The van der Waals surface area contributed by atoms with Gasteiger partial charge in [0.05, 0.1) is 17.7 Å². The zero-order valence-electron chi connectivity index (χ0n) is 14.2. The van der Waals surface area contributed by atoms with Crippen molar-refractivity contribution in [3.8, 4) is 5.75 Å². The Labute approximate surface area is 170 Å². The number of likely N-dealkylation sites (tertiary alicyclic amines) is 1. The monoisotopic (exact) mass is 484 g/mol. The standard InChI is InChI=1S/C19H18ClIN2O3/c1-26-17-10-16(21)15(20)9-14(17)19(25)22-13-5-2-4-12(8-13)11-23-7-3-6-18(23)24/h2,4-5,8-10H,3,6-7,11H2,1H3,(H,22,25). The molecule has 7 heteroatoms. The highest BCUT2D eigenvalue weighted by Gasteiger charge is 2.20. The fourth-order valence-corrected chi connectivity index (χ4v) is 3.51. The van der Waals surface area contributed by atoms with Crippen molar-refractivity contribution in [3.63, 3.8) is 0 Å². The first-order valence-corrected chi connectivity index (χ1v) is 9.64. The quantitative estimate of drug-likeness (QED) is 0.643. The van der Waals surface area contributed by atoms with E-state index in [4.69, 9.17) is 16.3 Å². The molecule has 3 rings (SSSR count). The minimum absolute atomic E-state index is 0.178. The summed E-state index contributed by atoms with van der Waals surface area (Å²) in [5.74, 6) is 0.349. The van der Waals surface area contributed by atoms with Gasteiger partial charge in [-0.05, 0) is 58.8 Å². The molecule has 0 bridgehead atoms. The van der Waals surface area contributed by atoms with Gasteiger partial charge in [-0.15, -0.1) is 0 Å². The van der Waals surface area contributed by atoms with E-state index in [1.807, 2.05) is 29.2 Å². The number of halogens is 2. The van der Waals surface area contributed by atoms with E-state index >= 15 is 0 Å². The number of ether oxygens (including phenoxy) is 1. The molecule has 26 heavy (non-hydrogen) atoms. The van der Waals surface area contributed by atoms with Gasteiger partial charge in [-0.25, -0.2) is 0 Å². The van der Waals surface area contributed by atoms with E-state index in [0.29, 0.717) is 35.0 Å². The molecular weight excluding hydrogens is 467 g/mol. The molecule has 1 N–H and O–H groups in total. The summed E-state index contributed by atoms with van der Waals surface area (Å²) in [5.41, 5.74) is 2.01. The van der Waals surface area contributed by atoms with Gasteiger partial charge in [-0.2, -0.15) is 0 Å². The third kappa shape index (κ3) is 4.29.